The maximum atomic E-state index is 14.2. The van der Waals surface area contributed by atoms with Gasteiger partial charge < -0.3 is 15.0 Å². The maximum Gasteiger partial charge on any atom is 0.256 e. The molecule has 0 saturated carbocycles. The molecule has 0 aliphatic carbocycles. The Hall–Kier alpha value is -4.23. The number of nitriles is 1. The van der Waals surface area contributed by atoms with Crippen LogP contribution in [0.15, 0.2) is 55.1 Å². The van der Waals surface area contributed by atoms with Crippen molar-refractivity contribution in [2.24, 2.45) is 0 Å². The Morgan fingerprint density at radius 1 is 1.24 bits per heavy atom. The molecule has 0 bridgehead atoms. The number of pyridine rings is 1. The van der Waals surface area contributed by atoms with Crippen molar-refractivity contribution in [1.82, 2.24) is 29.5 Å². The molecular weight excluding hydrogens is 473 g/mol. The number of amides is 1. The van der Waals surface area contributed by atoms with Gasteiger partial charge in [0.25, 0.3) is 5.91 Å². The smallest absolute Gasteiger partial charge is 0.256 e. The monoisotopic (exact) mass is 499 g/mol. The summed E-state index contributed by atoms with van der Waals surface area (Å²) in [6, 6.07) is 10.2. The first-order valence-electron chi connectivity index (χ1n) is 12.3. The van der Waals surface area contributed by atoms with Crippen LogP contribution >= 0.6 is 0 Å². The lowest BCUT2D eigenvalue weighted by Crippen LogP contribution is -2.66. The summed E-state index contributed by atoms with van der Waals surface area (Å²) < 4.78 is 16.1. The molecule has 4 aromatic rings. The summed E-state index contributed by atoms with van der Waals surface area (Å²) >= 11 is 0. The SMILES string of the molecule is N#CCC1(n2cc(-c3ccnc4[nH]ccc34)cn2)CN(C2CCN(C(=O)c3ccc(O)cc3F)CC2)C1. The second-order valence-electron chi connectivity index (χ2n) is 9.92. The van der Waals surface area contributed by atoms with Crippen molar-refractivity contribution in [2.45, 2.75) is 30.8 Å². The Morgan fingerprint density at radius 2 is 2.05 bits per heavy atom. The number of nitrogens with zero attached hydrogens (tertiary/aromatic N) is 6. The molecule has 2 aliphatic rings. The fraction of sp³-hybridized carbons (Fsp3) is 0.333. The van der Waals surface area contributed by atoms with Crippen LogP contribution in [0.3, 0.4) is 0 Å². The number of hydrogen-bond donors (Lipinski definition) is 2. The number of aromatic amines is 1. The molecule has 2 aliphatic heterocycles. The largest absolute Gasteiger partial charge is 0.508 e. The second-order valence-corrected chi connectivity index (χ2v) is 9.92. The molecule has 188 valence electrons. The van der Waals surface area contributed by atoms with Crippen LogP contribution in [-0.2, 0) is 5.54 Å². The quantitative estimate of drug-likeness (QED) is 0.435. The van der Waals surface area contributed by atoms with Gasteiger partial charge in [0.05, 0.1) is 24.3 Å². The normalized spacial score (nSPS) is 18.0. The molecule has 0 spiro atoms. The molecule has 0 unspecified atom stereocenters. The fourth-order valence-electron chi connectivity index (χ4n) is 5.67. The molecule has 37 heavy (non-hydrogen) atoms. The van der Waals surface area contributed by atoms with Gasteiger partial charge in [-0.3, -0.25) is 14.4 Å². The Kier molecular flexibility index (Phi) is 5.65. The molecule has 2 saturated heterocycles. The van der Waals surface area contributed by atoms with E-state index in [1.807, 2.05) is 35.4 Å². The van der Waals surface area contributed by atoms with Gasteiger partial charge in [-0.05, 0) is 42.7 Å². The summed E-state index contributed by atoms with van der Waals surface area (Å²) in [5.41, 5.74) is 2.44. The zero-order valence-electron chi connectivity index (χ0n) is 20.1. The van der Waals surface area contributed by atoms with E-state index < -0.39 is 5.82 Å². The van der Waals surface area contributed by atoms with Gasteiger partial charge in [0, 0.05) is 67.8 Å². The van der Waals surface area contributed by atoms with Gasteiger partial charge in [-0.1, -0.05) is 0 Å². The highest BCUT2D eigenvalue weighted by Crippen LogP contribution is 2.37. The van der Waals surface area contributed by atoms with Gasteiger partial charge in [-0.15, -0.1) is 0 Å². The summed E-state index contributed by atoms with van der Waals surface area (Å²) in [6.45, 7) is 2.49. The number of carbonyl (C=O) groups is 1. The Bertz CT molecular complexity index is 1510. The van der Waals surface area contributed by atoms with E-state index in [0.717, 1.165) is 41.1 Å². The van der Waals surface area contributed by atoms with Gasteiger partial charge in [0.15, 0.2) is 0 Å². The molecule has 10 heteroatoms. The highest BCUT2D eigenvalue weighted by atomic mass is 19.1. The Labute approximate surface area is 212 Å². The van der Waals surface area contributed by atoms with Crippen LogP contribution in [-0.4, -0.2) is 72.8 Å². The highest BCUT2D eigenvalue weighted by Gasteiger charge is 2.48. The topological polar surface area (TPSA) is 114 Å². The summed E-state index contributed by atoms with van der Waals surface area (Å²) in [5.74, 6) is -1.26. The number of nitrogens with one attached hydrogen (secondary N) is 1. The van der Waals surface area contributed by atoms with Gasteiger partial charge in [0.1, 0.15) is 22.8 Å². The number of hydrogen-bond acceptors (Lipinski definition) is 6. The predicted molar refractivity (Wildman–Crippen MR) is 134 cm³/mol. The number of rotatable bonds is 5. The summed E-state index contributed by atoms with van der Waals surface area (Å²) in [7, 11) is 0. The van der Waals surface area contributed by atoms with Crippen LogP contribution in [0.5, 0.6) is 5.75 Å². The molecular formula is C27H26FN7O2. The minimum Gasteiger partial charge on any atom is -0.508 e. The number of fused-ring (bicyclic) bond motifs is 1. The van der Waals surface area contributed by atoms with Crippen LogP contribution in [0, 0.1) is 17.1 Å². The lowest BCUT2D eigenvalue weighted by Gasteiger charge is -2.53. The van der Waals surface area contributed by atoms with Gasteiger partial charge in [0.2, 0.25) is 0 Å². The molecule has 0 atom stereocenters. The lowest BCUT2D eigenvalue weighted by atomic mass is 9.83. The third-order valence-corrected chi connectivity index (χ3v) is 7.69. The average Bonchev–Trinajstić information content (AvgIpc) is 3.56. The van der Waals surface area contributed by atoms with Crippen molar-refractivity contribution in [2.75, 3.05) is 26.2 Å². The fourth-order valence-corrected chi connectivity index (χ4v) is 5.67. The van der Waals surface area contributed by atoms with Gasteiger partial charge >= 0.3 is 0 Å². The zero-order valence-corrected chi connectivity index (χ0v) is 20.1. The number of halogens is 1. The van der Waals surface area contributed by atoms with E-state index in [2.05, 4.69) is 26.0 Å². The van der Waals surface area contributed by atoms with Crippen LogP contribution < -0.4 is 0 Å². The first kappa shape index (κ1) is 23.2. The number of aromatic nitrogens is 4. The van der Waals surface area contributed by atoms with Crippen LogP contribution in [0.4, 0.5) is 4.39 Å². The van der Waals surface area contributed by atoms with Crippen molar-refractivity contribution in [3.8, 4) is 22.9 Å². The molecule has 6 rings (SSSR count). The Morgan fingerprint density at radius 3 is 2.81 bits per heavy atom. The van der Waals surface area contributed by atoms with E-state index in [1.165, 1.54) is 12.1 Å². The van der Waals surface area contributed by atoms with E-state index >= 15 is 0 Å². The van der Waals surface area contributed by atoms with E-state index in [0.29, 0.717) is 32.6 Å². The molecule has 3 aromatic heterocycles. The number of carbonyl (C=O) groups excluding carboxylic acids is 1. The molecule has 0 radical (unpaired) electrons. The summed E-state index contributed by atoms with van der Waals surface area (Å²) in [4.78, 5) is 24.3. The predicted octanol–water partition coefficient (Wildman–Crippen LogP) is 3.50. The standard InChI is InChI=1S/C27H26FN7O2/c28-24-13-20(36)1-2-23(24)26(37)33-11-5-19(6-12-33)34-16-27(17-34,7-8-29)35-15-18(14-32-35)21-3-9-30-25-22(21)4-10-31-25/h1-4,9-10,13-15,19,36H,5-7,11-12,16-17H2,(H,30,31). The van der Waals surface area contributed by atoms with Crippen molar-refractivity contribution in [3.05, 3.63) is 66.5 Å². The summed E-state index contributed by atoms with van der Waals surface area (Å²) in [5, 5.41) is 24.7. The highest BCUT2D eigenvalue weighted by molar-refractivity contribution is 5.94. The van der Waals surface area contributed by atoms with E-state index in [4.69, 9.17) is 0 Å². The molecule has 9 nitrogen and oxygen atoms in total. The number of H-pyrrole nitrogens is 1. The first-order chi connectivity index (χ1) is 18.0. The van der Waals surface area contributed by atoms with Crippen molar-refractivity contribution in [3.63, 3.8) is 0 Å². The minimum atomic E-state index is -0.709. The molecule has 2 N–H and O–H groups in total. The maximum absolute atomic E-state index is 14.2. The van der Waals surface area contributed by atoms with Crippen molar-refractivity contribution >= 4 is 16.9 Å². The van der Waals surface area contributed by atoms with Crippen molar-refractivity contribution < 1.29 is 14.3 Å². The second kappa shape index (κ2) is 9.01. The van der Waals surface area contributed by atoms with Gasteiger partial charge in [-0.25, -0.2) is 9.37 Å². The van der Waals surface area contributed by atoms with Gasteiger partial charge in [-0.2, -0.15) is 10.4 Å². The van der Waals surface area contributed by atoms with E-state index in [9.17, 15) is 19.6 Å². The summed E-state index contributed by atoms with van der Waals surface area (Å²) in [6.07, 6.45) is 9.42. The number of benzene rings is 1. The minimum absolute atomic E-state index is 0.0196. The van der Waals surface area contributed by atoms with E-state index in [1.54, 1.807) is 11.1 Å². The lowest BCUT2D eigenvalue weighted by molar-refractivity contribution is -0.0412. The molecule has 1 amide bonds. The molecule has 2 fully saturated rings. The zero-order chi connectivity index (χ0) is 25.6. The Balaban J connectivity index is 1.12. The van der Waals surface area contributed by atoms with Crippen LogP contribution in [0.25, 0.3) is 22.2 Å². The van der Waals surface area contributed by atoms with Crippen LogP contribution in [0.1, 0.15) is 29.6 Å². The van der Waals surface area contributed by atoms with Crippen LogP contribution in [0.2, 0.25) is 0 Å². The number of aromatic hydroxyl groups is 1. The number of piperidine rings is 1. The van der Waals surface area contributed by atoms with E-state index in [-0.39, 0.29) is 28.8 Å². The molecule has 5 heterocycles. The third kappa shape index (κ3) is 4.01. The third-order valence-electron chi connectivity index (χ3n) is 7.69. The number of phenolic OH excluding ortho intramolecular Hbond substituents is 1. The number of phenols is 1. The number of likely N-dealkylation sites (tertiary alicyclic amines) is 2. The average molecular weight is 500 g/mol. The van der Waals surface area contributed by atoms with Crippen molar-refractivity contribution in [1.29, 1.82) is 5.26 Å². The first-order valence-corrected chi connectivity index (χ1v) is 12.3. The molecule has 1 aromatic carbocycles.